The third-order valence-corrected chi connectivity index (χ3v) is 1.68. The standard InChI is InChI=1S/C6H12ClSi/c7-5-3-1-2-4-6-8/h1-6H2. The zero-order valence-electron chi connectivity index (χ0n) is 5.12. The van der Waals surface area contributed by atoms with Crippen LogP contribution in [0.5, 0.6) is 0 Å². The Hall–Kier alpha value is 0.507. The molecule has 0 saturated carbocycles. The number of rotatable bonds is 5. The van der Waals surface area contributed by atoms with E-state index >= 15 is 0 Å². The first-order valence-corrected chi connectivity index (χ1v) is 4.36. The lowest BCUT2D eigenvalue weighted by Gasteiger charge is -1.92. The predicted molar refractivity (Wildman–Crippen MR) is 39.7 cm³/mol. The van der Waals surface area contributed by atoms with Crippen LogP contribution in [0.4, 0.5) is 0 Å². The quantitative estimate of drug-likeness (QED) is 0.318. The van der Waals surface area contributed by atoms with Gasteiger partial charge in [0.15, 0.2) is 0 Å². The molecule has 0 atom stereocenters. The van der Waals surface area contributed by atoms with Gasteiger partial charge in [-0.1, -0.05) is 25.3 Å². The number of unbranched alkanes of at least 4 members (excludes halogenated alkanes) is 3. The van der Waals surface area contributed by atoms with Crippen molar-refractivity contribution in [3.63, 3.8) is 0 Å². The number of alkyl halides is 1. The molecular formula is C6H12ClSi. The molecule has 0 aromatic rings. The van der Waals surface area contributed by atoms with Crippen LogP contribution in [0.1, 0.15) is 25.7 Å². The summed E-state index contributed by atoms with van der Waals surface area (Å²) in [5.41, 5.74) is 0. The first-order chi connectivity index (χ1) is 3.91. The van der Waals surface area contributed by atoms with E-state index in [2.05, 4.69) is 10.2 Å². The largest absolute Gasteiger partial charge is 0.127 e. The van der Waals surface area contributed by atoms with Crippen LogP contribution in [0.2, 0.25) is 6.04 Å². The first-order valence-electron chi connectivity index (χ1n) is 3.12. The summed E-state index contributed by atoms with van der Waals surface area (Å²) >= 11 is 5.47. The molecule has 0 spiro atoms. The van der Waals surface area contributed by atoms with Gasteiger partial charge in [0.1, 0.15) is 0 Å². The van der Waals surface area contributed by atoms with Gasteiger partial charge in [0.05, 0.1) is 0 Å². The van der Waals surface area contributed by atoms with Crippen LogP contribution < -0.4 is 0 Å². The molecule has 8 heavy (non-hydrogen) atoms. The lowest BCUT2D eigenvalue weighted by molar-refractivity contribution is 0.704. The van der Waals surface area contributed by atoms with Crippen molar-refractivity contribution < 1.29 is 0 Å². The Morgan fingerprint density at radius 1 is 1.00 bits per heavy atom. The lowest BCUT2D eigenvalue weighted by atomic mass is 10.2. The summed E-state index contributed by atoms with van der Waals surface area (Å²) in [6, 6.07) is 1.13. The highest BCUT2D eigenvalue weighted by Gasteiger charge is 1.84. The van der Waals surface area contributed by atoms with E-state index in [0.29, 0.717) is 0 Å². The highest BCUT2D eigenvalue weighted by molar-refractivity contribution is 6.17. The fourth-order valence-electron chi connectivity index (χ4n) is 0.573. The third kappa shape index (κ3) is 6.51. The van der Waals surface area contributed by atoms with E-state index in [9.17, 15) is 0 Å². The lowest BCUT2D eigenvalue weighted by Crippen LogP contribution is -1.77. The Kier molecular flexibility index (Phi) is 7.98. The Balaban J connectivity index is 2.53. The molecule has 0 aliphatic heterocycles. The molecule has 0 nitrogen and oxygen atoms in total. The van der Waals surface area contributed by atoms with Gasteiger partial charge < -0.3 is 0 Å². The maximum atomic E-state index is 5.47. The van der Waals surface area contributed by atoms with Crippen molar-refractivity contribution in [1.82, 2.24) is 0 Å². The van der Waals surface area contributed by atoms with Crippen molar-refractivity contribution in [2.75, 3.05) is 5.88 Å². The molecule has 0 unspecified atom stereocenters. The van der Waals surface area contributed by atoms with Crippen LogP contribution >= 0.6 is 11.6 Å². The van der Waals surface area contributed by atoms with Crippen LogP contribution in [0.25, 0.3) is 0 Å². The van der Waals surface area contributed by atoms with Gasteiger partial charge in [-0.05, 0) is 6.42 Å². The molecule has 0 aliphatic carbocycles. The van der Waals surface area contributed by atoms with E-state index in [4.69, 9.17) is 11.6 Å². The third-order valence-electron chi connectivity index (χ3n) is 1.06. The van der Waals surface area contributed by atoms with Crippen molar-refractivity contribution >= 4 is 21.8 Å². The number of halogens is 1. The molecule has 0 N–H and O–H groups in total. The monoisotopic (exact) mass is 147 g/mol. The Bertz CT molecular complexity index is 33.5. The summed E-state index contributed by atoms with van der Waals surface area (Å²) in [7, 11) is 3.41. The minimum absolute atomic E-state index is 0.821. The smallest absolute Gasteiger partial charge is 0.0223 e. The van der Waals surface area contributed by atoms with Gasteiger partial charge in [-0.15, -0.1) is 11.6 Å². The van der Waals surface area contributed by atoms with E-state index < -0.39 is 0 Å². The highest BCUT2D eigenvalue weighted by atomic mass is 35.5. The van der Waals surface area contributed by atoms with Crippen LogP contribution in [-0.4, -0.2) is 16.1 Å². The molecule has 0 aromatic heterocycles. The molecule has 0 aromatic carbocycles. The normalized spacial score (nSPS) is 9.75. The molecule has 0 rings (SSSR count). The van der Waals surface area contributed by atoms with E-state index in [1.165, 1.54) is 25.7 Å². The minimum atomic E-state index is 0.821. The second-order valence-electron chi connectivity index (χ2n) is 1.85. The van der Waals surface area contributed by atoms with Gasteiger partial charge in [-0.2, -0.15) is 0 Å². The summed E-state index contributed by atoms with van der Waals surface area (Å²) in [6.07, 6.45) is 5.06. The van der Waals surface area contributed by atoms with E-state index in [0.717, 1.165) is 11.9 Å². The number of hydrogen-bond donors (Lipinski definition) is 0. The molecule has 0 bridgehead atoms. The van der Waals surface area contributed by atoms with Crippen LogP contribution in [0.15, 0.2) is 0 Å². The molecule has 2 heteroatoms. The zero-order chi connectivity index (χ0) is 6.24. The molecule has 0 amide bonds. The molecule has 0 aliphatic rings. The van der Waals surface area contributed by atoms with Gasteiger partial charge in [0, 0.05) is 16.1 Å². The average Bonchev–Trinajstić information content (AvgIpc) is 1.81. The Morgan fingerprint density at radius 3 is 2.12 bits per heavy atom. The van der Waals surface area contributed by atoms with Gasteiger partial charge in [-0.3, -0.25) is 0 Å². The Labute approximate surface area is 60.0 Å². The van der Waals surface area contributed by atoms with Crippen LogP contribution in [0.3, 0.4) is 0 Å². The SMILES string of the molecule is [Si]CCCCCCCl. The fraction of sp³-hybridized carbons (Fsp3) is 1.00. The Morgan fingerprint density at radius 2 is 1.62 bits per heavy atom. The fourth-order valence-corrected chi connectivity index (χ4v) is 1.01. The van der Waals surface area contributed by atoms with Crippen molar-refractivity contribution in [3.05, 3.63) is 0 Å². The van der Waals surface area contributed by atoms with Gasteiger partial charge >= 0.3 is 0 Å². The second kappa shape index (κ2) is 7.51. The molecule has 47 valence electrons. The van der Waals surface area contributed by atoms with Crippen molar-refractivity contribution in [2.45, 2.75) is 31.7 Å². The summed E-state index contributed by atoms with van der Waals surface area (Å²) < 4.78 is 0. The van der Waals surface area contributed by atoms with Gasteiger partial charge in [0.2, 0.25) is 0 Å². The molecule has 0 saturated heterocycles. The summed E-state index contributed by atoms with van der Waals surface area (Å²) in [5, 5.41) is 0. The predicted octanol–water partition coefficient (Wildman–Crippen LogP) is 2.37. The maximum absolute atomic E-state index is 5.47. The maximum Gasteiger partial charge on any atom is 0.0223 e. The summed E-state index contributed by atoms with van der Waals surface area (Å²) in [6.45, 7) is 0. The second-order valence-corrected chi connectivity index (χ2v) is 2.73. The van der Waals surface area contributed by atoms with Crippen LogP contribution in [0, 0.1) is 0 Å². The highest BCUT2D eigenvalue weighted by Crippen LogP contribution is 2.01. The molecule has 0 heterocycles. The summed E-state index contributed by atoms with van der Waals surface area (Å²) in [4.78, 5) is 0. The van der Waals surface area contributed by atoms with Crippen molar-refractivity contribution in [1.29, 1.82) is 0 Å². The molecule has 3 radical (unpaired) electrons. The average molecular weight is 148 g/mol. The van der Waals surface area contributed by atoms with Crippen molar-refractivity contribution in [3.8, 4) is 0 Å². The topological polar surface area (TPSA) is 0 Å². The minimum Gasteiger partial charge on any atom is -0.127 e. The van der Waals surface area contributed by atoms with E-state index in [1.54, 1.807) is 0 Å². The number of hydrogen-bond acceptors (Lipinski definition) is 0. The van der Waals surface area contributed by atoms with E-state index in [1.807, 2.05) is 0 Å². The van der Waals surface area contributed by atoms with E-state index in [-0.39, 0.29) is 0 Å². The zero-order valence-corrected chi connectivity index (χ0v) is 6.88. The van der Waals surface area contributed by atoms with Crippen LogP contribution in [-0.2, 0) is 0 Å². The molecule has 0 fully saturated rings. The molecular weight excluding hydrogens is 136 g/mol. The summed E-state index contributed by atoms with van der Waals surface area (Å²) in [5.74, 6) is 0.821. The first kappa shape index (κ1) is 8.51. The van der Waals surface area contributed by atoms with Gasteiger partial charge in [-0.25, -0.2) is 0 Å². The van der Waals surface area contributed by atoms with Crippen molar-refractivity contribution in [2.24, 2.45) is 0 Å². The van der Waals surface area contributed by atoms with Gasteiger partial charge in [0.25, 0.3) is 0 Å².